The molecule has 4 nitrogen and oxygen atoms in total. The third-order valence-electron chi connectivity index (χ3n) is 5.48. The first-order chi connectivity index (χ1) is 8.44. The second-order valence-electron chi connectivity index (χ2n) is 6.74. The number of likely N-dealkylation sites (tertiary alicyclic amines) is 1. The molecule has 0 aromatic carbocycles. The van der Waals surface area contributed by atoms with Crippen LogP contribution < -0.4 is 5.73 Å². The lowest BCUT2D eigenvalue weighted by molar-refractivity contribution is -0.00482. The van der Waals surface area contributed by atoms with Gasteiger partial charge in [0.2, 0.25) is 0 Å². The number of rotatable bonds is 5. The van der Waals surface area contributed by atoms with Crippen molar-refractivity contribution in [1.82, 2.24) is 14.7 Å². The van der Waals surface area contributed by atoms with E-state index in [0.717, 1.165) is 19.6 Å². The quantitative estimate of drug-likeness (QED) is 0.772. The third-order valence-corrected chi connectivity index (χ3v) is 5.48. The highest BCUT2D eigenvalue weighted by atomic mass is 15.3. The molecule has 2 N–H and O–H groups in total. The molecule has 4 heteroatoms. The Balaban J connectivity index is 2.04. The molecule has 1 heterocycles. The first-order valence-electron chi connectivity index (χ1n) is 7.21. The van der Waals surface area contributed by atoms with E-state index in [2.05, 4.69) is 42.9 Å². The molecule has 106 valence electrons. The first kappa shape index (κ1) is 14.3. The van der Waals surface area contributed by atoms with Crippen LogP contribution >= 0.6 is 0 Å². The fourth-order valence-electron chi connectivity index (χ4n) is 3.63. The SMILES string of the molecule is CN1CCC(CN)(N(C)CC2(N(C)C)CCC2)C1. The van der Waals surface area contributed by atoms with Gasteiger partial charge in [0.1, 0.15) is 0 Å². The molecule has 0 aromatic heterocycles. The normalized spacial score (nSPS) is 32.2. The Labute approximate surface area is 112 Å². The van der Waals surface area contributed by atoms with Gasteiger partial charge in [-0.3, -0.25) is 4.90 Å². The van der Waals surface area contributed by atoms with Gasteiger partial charge in [0.25, 0.3) is 0 Å². The van der Waals surface area contributed by atoms with Crippen LogP contribution in [0.4, 0.5) is 0 Å². The zero-order chi connectivity index (χ0) is 13.4. The first-order valence-corrected chi connectivity index (χ1v) is 7.21. The van der Waals surface area contributed by atoms with Crippen LogP contribution in [0.15, 0.2) is 0 Å². The van der Waals surface area contributed by atoms with Crippen molar-refractivity contribution in [2.45, 2.75) is 36.8 Å². The zero-order valence-corrected chi connectivity index (χ0v) is 12.6. The van der Waals surface area contributed by atoms with Gasteiger partial charge in [-0.2, -0.15) is 0 Å². The Hall–Kier alpha value is -0.160. The summed E-state index contributed by atoms with van der Waals surface area (Å²) < 4.78 is 0. The van der Waals surface area contributed by atoms with Crippen LogP contribution in [-0.4, -0.2) is 80.1 Å². The van der Waals surface area contributed by atoms with E-state index in [1.807, 2.05) is 0 Å². The molecular formula is C14H30N4. The average Bonchev–Trinajstić information content (AvgIpc) is 2.66. The highest BCUT2D eigenvalue weighted by molar-refractivity contribution is 5.04. The second kappa shape index (κ2) is 5.08. The topological polar surface area (TPSA) is 35.7 Å². The van der Waals surface area contributed by atoms with E-state index in [1.54, 1.807) is 0 Å². The van der Waals surface area contributed by atoms with Crippen molar-refractivity contribution in [2.75, 3.05) is 54.4 Å². The fraction of sp³-hybridized carbons (Fsp3) is 1.00. The van der Waals surface area contributed by atoms with Gasteiger partial charge < -0.3 is 15.5 Å². The molecule has 1 aliphatic carbocycles. The molecule has 0 amide bonds. The lowest BCUT2D eigenvalue weighted by Gasteiger charge is -2.52. The predicted octanol–water partition coefficient (Wildman–Crippen LogP) is 0.436. The summed E-state index contributed by atoms with van der Waals surface area (Å²) >= 11 is 0. The van der Waals surface area contributed by atoms with E-state index in [9.17, 15) is 0 Å². The molecule has 0 bridgehead atoms. The van der Waals surface area contributed by atoms with Crippen LogP contribution in [0, 0.1) is 0 Å². The minimum atomic E-state index is 0.202. The molecule has 1 aliphatic heterocycles. The number of likely N-dealkylation sites (N-methyl/N-ethyl adjacent to an activating group) is 3. The predicted molar refractivity (Wildman–Crippen MR) is 76.8 cm³/mol. The summed E-state index contributed by atoms with van der Waals surface area (Å²) in [6, 6.07) is 0. The second-order valence-corrected chi connectivity index (χ2v) is 6.74. The number of nitrogens with two attached hydrogens (primary N) is 1. The van der Waals surface area contributed by atoms with E-state index >= 15 is 0 Å². The van der Waals surface area contributed by atoms with Crippen LogP contribution in [0.25, 0.3) is 0 Å². The molecule has 1 saturated carbocycles. The fourth-order valence-corrected chi connectivity index (χ4v) is 3.63. The summed E-state index contributed by atoms with van der Waals surface area (Å²) in [6.07, 6.45) is 5.25. The number of hydrogen-bond acceptors (Lipinski definition) is 4. The van der Waals surface area contributed by atoms with Crippen LogP contribution in [0.1, 0.15) is 25.7 Å². The van der Waals surface area contributed by atoms with Crippen molar-refractivity contribution in [3.8, 4) is 0 Å². The molecule has 1 saturated heterocycles. The molecule has 0 radical (unpaired) electrons. The van der Waals surface area contributed by atoms with Crippen molar-refractivity contribution in [3.05, 3.63) is 0 Å². The van der Waals surface area contributed by atoms with Gasteiger partial charge in [-0.25, -0.2) is 0 Å². The lowest BCUT2D eigenvalue weighted by atomic mass is 9.74. The highest BCUT2D eigenvalue weighted by Crippen LogP contribution is 2.38. The van der Waals surface area contributed by atoms with Crippen molar-refractivity contribution in [2.24, 2.45) is 5.73 Å². The number of hydrogen-bond donors (Lipinski definition) is 1. The third kappa shape index (κ3) is 2.31. The van der Waals surface area contributed by atoms with Crippen molar-refractivity contribution in [1.29, 1.82) is 0 Å². The van der Waals surface area contributed by atoms with Crippen molar-refractivity contribution in [3.63, 3.8) is 0 Å². The van der Waals surface area contributed by atoms with Crippen LogP contribution in [0.2, 0.25) is 0 Å². The van der Waals surface area contributed by atoms with E-state index < -0.39 is 0 Å². The molecule has 2 aliphatic rings. The van der Waals surface area contributed by atoms with Crippen molar-refractivity contribution < 1.29 is 0 Å². The maximum Gasteiger partial charge on any atom is 0.0468 e. The molecule has 2 rings (SSSR count). The Morgan fingerprint density at radius 2 is 1.78 bits per heavy atom. The Morgan fingerprint density at radius 3 is 2.11 bits per heavy atom. The molecule has 2 fully saturated rings. The van der Waals surface area contributed by atoms with E-state index in [1.165, 1.54) is 32.2 Å². The van der Waals surface area contributed by atoms with Gasteiger partial charge in [0.15, 0.2) is 0 Å². The van der Waals surface area contributed by atoms with Gasteiger partial charge in [0, 0.05) is 30.7 Å². The Morgan fingerprint density at radius 1 is 1.11 bits per heavy atom. The van der Waals surface area contributed by atoms with Gasteiger partial charge in [0.05, 0.1) is 0 Å². The molecule has 18 heavy (non-hydrogen) atoms. The van der Waals surface area contributed by atoms with E-state index in [0.29, 0.717) is 5.54 Å². The molecular weight excluding hydrogens is 224 g/mol. The molecule has 1 unspecified atom stereocenters. The molecule has 0 aromatic rings. The Kier molecular flexibility index (Phi) is 4.02. The summed E-state index contributed by atoms with van der Waals surface area (Å²) in [4.78, 5) is 7.39. The Bertz CT molecular complexity index is 288. The number of nitrogens with zero attached hydrogens (tertiary/aromatic N) is 3. The van der Waals surface area contributed by atoms with Gasteiger partial charge >= 0.3 is 0 Å². The summed E-state index contributed by atoms with van der Waals surface area (Å²) in [5.74, 6) is 0. The smallest absolute Gasteiger partial charge is 0.0468 e. The van der Waals surface area contributed by atoms with Crippen molar-refractivity contribution >= 4 is 0 Å². The van der Waals surface area contributed by atoms with E-state index in [-0.39, 0.29) is 5.54 Å². The average molecular weight is 254 g/mol. The minimum absolute atomic E-state index is 0.202. The van der Waals surface area contributed by atoms with Crippen LogP contribution in [0.3, 0.4) is 0 Å². The summed E-state index contributed by atoms with van der Waals surface area (Å²) in [6.45, 7) is 4.22. The van der Waals surface area contributed by atoms with Gasteiger partial charge in [-0.05, 0) is 60.4 Å². The standard InChI is InChI=1S/C14H30N4/c1-16(2)13(6-5-7-13)12-18(4)14(10-15)8-9-17(3)11-14/h5-12,15H2,1-4H3. The largest absolute Gasteiger partial charge is 0.329 e. The monoisotopic (exact) mass is 254 g/mol. The lowest BCUT2D eigenvalue weighted by Crippen LogP contribution is -2.63. The summed E-state index contributed by atoms with van der Waals surface area (Å²) in [5.41, 5.74) is 6.71. The highest BCUT2D eigenvalue weighted by Gasteiger charge is 2.45. The maximum absolute atomic E-state index is 6.10. The van der Waals surface area contributed by atoms with Gasteiger partial charge in [-0.15, -0.1) is 0 Å². The van der Waals surface area contributed by atoms with Gasteiger partial charge in [-0.1, -0.05) is 0 Å². The maximum atomic E-state index is 6.10. The minimum Gasteiger partial charge on any atom is -0.329 e. The summed E-state index contributed by atoms with van der Waals surface area (Å²) in [7, 11) is 8.93. The zero-order valence-electron chi connectivity index (χ0n) is 12.6. The summed E-state index contributed by atoms with van der Waals surface area (Å²) in [5, 5.41) is 0. The molecule has 1 atom stereocenters. The molecule has 0 spiro atoms. The van der Waals surface area contributed by atoms with E-state index in [4.69, 9.17) is 5.73 Å². The van der Waals surface area contributed by atoms with Crippen LogP contribution in [0.5, 0.6) is 0 Å². The van der Waals surface area contributed by atoms with Crippen LogP contribution in [-0.2, 0) is 0 Å².